The molecule has 6 heteroatoms. The normalized spacial score (nSPS) is 22.2. The molecule has 3 rings (SSSR count). The van der Waals surface area contributed by atoms with Crippen LogP contribution in [0.4, 0.5) is 0 Å². The van der Waals surface area contributed by atoms with E-state index in [1.807, 2.05) is 12.1 Å². The molecule has 1 aromatic carbocycles. The van der Waals surface area contributed by atoms with Gasteiger partial charge in [-0.3, -0.25) is 9.69 Å². The summed E-state index contributed by atoms with van der Waals surface area (Å²) in [5.74, 6) is 1.08. The lowest BCUT2D eigenvalue weighted by atomic mass is 9.77. The van der Waals surface area contributed by atoms with Gasteiger partial charge in [-0.25, -0.2) is 4.79 Å². The van der Waals surface area contributed by atoms with Gasteiger partial charge in [-0.2, -0.15) is 0 Å². The predicted molar refractivity (Wildman–Crippen MR) is 96.5 cm³/mol. The second-order valence-electron chi connectivity index (χ2n) is 6.49. The van der Waals surface area contributed by atoms with Gasteiger partial charge in [0.05, 0.1) is 20.8 Å². The number of nitrogens with zero attached hydrogens (tertiary/aromatic N) is 1. The van der Waals surface area contributed by atoms with Gasteiger partial charge in [0, 0.05) is 25.6 Å². The van der Waals surface area contributed by atoms with Crippen LogP contribution in [0, 0.1) is 0 Å². The SMILES string of the molecule is CCOC(=O)/C=C/C[C@@]12C(=O)CCN1CCc1cc(OC)c(OC)cc12. The van der Waals surface area contributed by atoms with Gasteiger partial charge in [-0.1, -0.05) is 6.08 Å². The maximum Gasteiger partial charge on any atom is 0.330 e. The summed E-state index contributed by atoms with van der Waals surface area (Å²) < 4.78 is 15.8. The Morgan fingerprint density at radius 2 is 1.88 bits per heavy atom. The van der Waals surface area contributed by atoms with Crippen LogP contribution in [-0.2, 0) is 26.3 Å². The van der Waals surface area contributed by atoms with Gasteiger partial charge in [0.15, 0.2) is 17.3 Å². The molecule has 26 heavy (non-hydrogen) atoms. The molecule has 0 saturated carbocycles. The maximum absolute atomic E-state index is 13.0. The van der Waals surface area contributed by atoms with E-state index < -0.39 is 5.54 Å². The van der Waals surface area contributed by atoms with Crippen LogP contribution >= 0.6 is 0 Å². The van der Waals surface area contributed by atoms with Crippen molar-refractivity contribution in [3.05, 3.63) is 35.4 Å². The molecule has 1 aromatic rings. The zero-order valence-corrected chi connectivity index (χ0v) is 15.5. The highest BCUT2D eigenvalue weighted by molar-refractivity contribution is 5.93. The third-order valence-electron chi connectivity index (χ3n) is 5.27. The number of rotatable bonds is 6. The predicted octanol–water partition coefficient (Wildman–Crippen LogP) is 2.24. The minimum atomic E-state index is -0.740. The van der Waals surface area contributed by atoms with E-state index in [9.17, 15) is 9.59 Å². The monoisotopic (exact) mass is 359 g/mol. The number of carbonyl (C=O) groups is 2. The van der Waals surface area contributed by atoms with Crippen LogP contribution in [-0.4, -0.2) is 50.6 Å². The molecule has 6 nitrogen and oxygen atoms in total. The molecule has 0 aliphatic carbocycles. The molecular weight excluding hydrogens is 334 g/mol. The van der Waals surface area contributed by atoms with Gasteiger partial charge in [-0.15, -0.1) is 0 Å². The summed E-state index contributed by atoms with van der Waals surface area (Å²) in [5, 5.41) is 0. The summed E-state index contributed by atoms with van der Waals surface area (Å²) in [6.07, 6.45) is 4.97. The zero-order valence-electron chi connectivity index (χ0n) is 15.5. The van der Waals surface area contributed by atoms with Crippen LogP contribution in [0.5, 0.6) is 11.5 Å². The van der Waals surface area contributed by atoms with E-state index in [2.05, 4.69) is 4.90 Å². The number of Topliss-reactive ketones (excluding diaryl/α,β-unsaturated/α-hetero) is 1. The van der Waals surface area contributed by atoms with Crippen molar-refractivity contribution in [1.82, 2.24) is 4.90 Å². The third kappa shape index (κ3) is 2.98. The van der Waals surface area contributed by atoms with Gasteiger partial charge in [-0.05, 0) is 43.0 Å². The summed E-state index contributed by atoms with van der Waals surface area (Å²) in [4.78, 5) is 26.8. The van der Waals surface area contributed by atoms with Crippen molar-refractivity contribution < 1.29 is 23.8 Å². The molecule has 2 aliphatic rings. The molecule has 1 atom stereocenters. The number of ether oxygens (including phenoxy) is 3. The Bertz CT molecular complexity index is 742. The number of carbonyl (C=O) groups excluding carboxylic acids is 2. The lowest BCUT2D eigenvalue weighted by molar-refractivity contribution is -0.137. The van der Waals surface area contributed by atoms with Gasteiger partial charge in [0.25, 0.3) is 0 Å². The third-order valence-corrected chi connectivity index (χ3v) is 5.27. The molecule has 0 N–H and O–H groups in total. The number of benzene rings is 1. The topological polar surface area (TPSA) is 65.1 Å². The van der Waals surface area contributed by atoms with E-state index in [1.165, 1.54) is 6.08 Å². The number of hydrogen-bond donors (Lipinski definition) is 0. The average molecular weight is 359 g/mol. The van der Waals surface area contributed by atoms with Crippen molar-refractivity contribution in [3.8, 4) is 11.5 Å². The highest BCUT2D eigenvalue weighted by atomic mass is 16.5. The zero-order chi connectivity index (χ0) is 18.7. The second-order valence-corrected chi connectivity index (χ2v) is 6.49. The quantitative estimate of drug-likeness (QED) is 0.573. The van der Waals surface area contributed by atoms with E-state index in [-0.39, 0.29) is 11.8 Å². The Morgan fingerprint density at radius 3 is 2.58 bits per heavy atom. The number of methoxy groups -OCH3 is 2. The Hall–Kier alpha value is -2.34. The summed E-state index contributed by atoms with van der Waals surface area (Å²) in [6, 6.07) is 3.88. The largest absolute Gasteiger partial charge is 0.493 e. The Balaban J connectivity index is 2.03. The first-order valence-corrected chi connectivity index (χ1v) is 8.93. The van der Waals surface area contributed by atoms with Crippen LogP contribution in [0.2, 0.25) is 0 Å². The van der Waals surface area contributed by atoms with Crippen molar-refractivity contribution in [2.24, 2.45) is 0 Å². The fraction of sp³-hybridized carbons (Fsp3) is 0.500. The summed E-state index contributed by atoms with van der Waals surface area (Å²) >= 11 is 0. The van der Waals surface area contributed by atoms with Crippen LogP contribution in [0.15, 0.2) is 24.3 Å². The highest BCUT2D eigenvalue weighted by Crippen LogP contribution is 2.47. The number of esters is 1. The molecule has 0 unspecified atom stereocenters. The van der Waals surface area contributed by atoms with Crippen LogP contribution in [0.3, 0.4) is 0 Å². The second kappa shape index (κ2) is 7.50. The summed E-state index contributed by atoms with van der Waals surface area (Å²) in [7, 11) is 3.20. The molecular formula is C20H25NO5. The van der Waals surface area contributed by atoms with E-state index in [4.69, 9.17) is 14.2 Å². The van der Waals surface area contributed by atoms with E-state index in [0.29, 0.717) is 30.9 Å². The average Bonchev–Trinajstić information content (AvgIpc) is 2.97. The van der Waals surface area contributed by atoms with Crippen LogP contribution in [0.25, 0.3) is 0 Å². The minimum absolute atomic E-state index is 0.180. The molecule has 2 aliphatic heterocycles. The lowest BCUT2D eigenvalue weighted by Crippen LogP contribution is -2.49. The van der Waals surface area contributed by atoms with E-state index in [1.54, 1.807) is 27.2 Å². The summed E-state index contributed by atoms with van der Waals surface area (Å²) in [5.41, 5.74) is 1.31. The molecule has 0 amide bonds. The molecule has 0 aromatic heterocycles. The summed E-state index contributed by atoms with van der Waals surface area (Å²) in [6.45, 7) is 3.64. The van der Waals surface area contributed by atoms with Crippen molar-refractivity contribution in [2.75, 3.05) is 33.9 Å². The molecule has 2 heterocycles. The Labute approximate surface area is 153 Å². The fourth-order valence-electron chi connectivity index (χ4n) is 4.07. The number of ketones is 1. The van der Waals surface area contributed by atoms with Crippen molar-refractivity contribution in [2.45, 2.75) is 31.7 Å². The molecule has 1 fully saturated rings. The van der Waals surface area contributed by atoms with Crippen LogP contribution < -0.4 is 9.47 Å². The molecule has 140 valence electrons. The number of hydrogen-bond acceptors (Lipinski definition) is 6. The molecule has 1 saturated heterocycles. The first-order valence-electron chi connectivity index (χ1n) is 8.93. The Morgan fingerprint density at radius 1 is 1.19 bits per heavy atom. The van der Waals surface area contributed by atoms with E-state index >= 15 is 0 Å². The van der Waals surface area contributed by atoms with Crippen molar-refractivity contribution >= 4 is 11.8 Å². The van der Waals surface area contributed by atoms with Crippen LogP contribution in [0.1, 0.15) is 30.9 Å². The lowest BCUT2D eigenvalue weighted by Gasteiger charge is -2.42. The van der Waals surface area contributed by atoms with Crippen molar-refractivity contribution in [3.63, 3.8) is 0 Å². The van der Waals surface area contributed by atoms with Gasteiger partial charge in [0.1, 0.15) is 5.54 Å². The van der Waals surface area contributed by atoms with Gasteiger partial charge >= 0.3 is 5.97 Å². The standard InChI is InChI=1S/C20H25NO5/c1-4-26-19(23)6-5-9-20-15-13-17(25-3)16(24-2)12-14(15)7-10-21(20)11-8-18(20)22/h5-6,12-13H,4,7-11H2,1-3H3/b6-5+/t20-/m1/s1. The molecule has 0 spiro atoms. The van der Waals surface area contributed by atoms with Crippen molar-refractivity contribution in [1.29, 1.82) is 0 Å². The number of fused-ring (bicyclic) bond motifs is 3. The first-order chi connectivity index (χ1) is 12.6. The highest BCUT2D eigenvalue weighted by Gasteiger charge is 2.51. The van der Waals surface area contributed by atoms with Gasteiger partial charge in [0.2, 0.25) is 0 Å². The molecule has 0 bridgehead atoms. The Kier molecular flexibility index (Phi) is 5.32. The smallest absolute Gasteiger partial charge is 0.330 e. The minimum Gasteiger partial charge on any atom is -0.493 e. The first kappa shape index (κ1) is 18.5. The van der Waals surface area contributed by atoms with Gasteiger partial charge < -0.3 is 14.2 Å². The van der Waals surface area contributed by atoms with E-state index in [0.717, 1.165) is 30.6 Å². The molecule has 0 radical (unpaired) electrons. The fourth-order valence-corrected chi connectivity index (χ4v) is 4.07. The maximum atomic E-state index is 13.0.